The van der Waals surface area contributed by atoms with Gasteiger partial charge in [-0.05, 0) is 24.2 Å². The van der Waals surface area contributed by atoms with Crippen molar-refractivity contribution in [3.63, 3.8) is 0 Å². The van der Waals surface area contributed by atoms with Crippen molar-refractivity contribution in [3.8, 4) is 0 Å². The quantitative estimate of drug-likeness (QED) is 0.820. The molecule has 2 aromatic rings. The fourth-order valence-corrected chi connectivity index (χ4v) is 4.56. The van der Waals surface area contributed by atoms with Crippen molar-refractivity contribution < 1.29 is 4.39 Å². The molecule has 0 amide bonds. The van der Waals surface area contributed by atoms with E-state index in [1.807, 2.05) is 0 Å². The number of rotatable bonds is 1. The van der Waals surface area contributed by atoms with E-state index in [1.165, 1.54) is 11.3 Å². The topological polar surface area (TPSA) is 45.8 Å². The van der Waals surface area contributed by atoms with Gasteiger partial charge in [0.25, 0.3) is 5.56 Å². The first-order valence-corrected chi connectivity index (χ1v) is 7.37. The maximum absolute atomic E-state index is 13.0. The van der Waals surface area contributed by atoms with Gasteiger partial charge in [-0.1, -0.05) is 11.6 Å². The molecule has 1 N–H and O–H groups in total. The van der Waals surface area contributed by atoms with E-state index < -0.39 is 5.63 Å². The van der Waals surface area contributed by atoms with Gasteiger partial charge >= 0.3 is 0 Å². The maximum Gasteiger partial charge on any atom is 0.260 e. The minimum Gasteiger partial charge on any atom is -0.306 e. The molecule has 1 atom stereocenters. The molecular weight excluding hydrogens is 283 g/mol. The van der Waals surface area contributed by atoms with Crippen molar-refractivity contribution in [3.05, 3.63) is 21.7 Å². The number of aryl methyl sites for hydroxylation is 1. The summed E-state index contributed by atoms with van der Waals surface area (Å²) in [6.45, 7) is 0. The van der Waals surface area contributed by atoms with Gasteiger partial charge in [0.2, 0.25) is 5.63 Å². The number of hydrogen-bond acceptors (Lipinski definition) is 4. The lowest BCUT2D eigenvalue weighted by Crippen LogP contribution is -2.12. The van der Waals surface area contributed by atoms with Crippen LogP contribution in [-0.2, 0) is 6.42 Å². The van der Waals surface area contributed by atoms with Crippen molar-refractivity contribution in [1.29, 1.82) is 0 Å². The summed E-state index contributed by atoms with van der Waals surface area (Å²) in [6, 6.07) is 0. The molecule has 90 valence electrons. The summed E-state index contributed by atoms with van der Waals surface area (Å²) >= 11 is 8.49. The number of alkyl halides is 2. The van der Waals surface area contributed by atoms with E-state index in [1.54, 1.807) is 11.8 Å². The van der Waals surface area contributed by atoms with Crippen LogP contribution in [-0.4, -0.2) is 15.7 Å². The minimum atomic E-state index is -1.76. The maximum atomic E-state index is 13.0. The summed E-state index contributed by atoms with van der Waals surface area (Å²) in [5.41, 5.74) is -0.987. The number of H-pyrrole nitrogens is 1. The molecule has 0 aliphatic carbocycles. The zero-order valence-corrected chi connectivity index (χ0v) is 11.0. The Bertz CT molecular complexity index is 637. The highest BCUT2D eigenvalue weighted by atomic mass is 35.5. The highest BCUT2D eigenvalue weighted by Gasteiger charge is 2.21. The van der Waals surface area contributed by atoms with Gasteiger partial charge in [0.1, 0.15) is 4.83 Å². The summed E-state index contributed by atoms with van der Waals surface area (Å²) < 4.78 is 14.1. The van der Waals surface area contributed by atoms with E-state index in [0.717, 1.165) is 28.4 Å². The molecule has 3 heterocycles. The van der Waals surface area contributed by atoms with E-state index in [4.69, 9.17) is 11.6 Å². The lowest BCUT2D eigenvalue weighted by Gasteiger charge is -2.09. The molecule has 3 nitrogen and oxygen atoms in total. The number of thioether (sulfide) groups is 1. The Morgan fingerprint density at radius 2 is 2.35 bits per heavy atom. The van der Waals surface area contributed by atoms with Gasteiger partial charge in [-0.2, -0.15) is 0 Å². The molecule has 3 rings (SSSR count). The van der Waals surface area contributed by atoms with Crippen LogP contribution in [0.4, 0.5) is 4.39 Å². The van der Waals surface area contributed by atoms with E-state index in [9.17, 15) is 9.18 Å². The van der Waals surface area contributed by atoms with E-state index in [0.29, 0.717) is 10.2 Å². The number of nitrogens with one attached hydrogen (secondary N) is 1. The van der Waals surface area contributed by atoms with Gasteiger partial charge < -0.3 is 4.98 Å². The van der Waals surface area contributed by atoms with Crippen LogP contribution in [0.15, 0.2) is 9.00 Å². The molecule has 1 unspecified atom stereocenters. The predicted molar refractivity (Wildman–Crippen MR) is 69.0 cm³/mol. The number of fused-ring (bicyclic) bond motifs is 3. The number of aromatic nitrogens is 2. The molecule has 0 saturated carbocycles. The average molecular weight is 291 g/mol. The zero-order chi connectivity index (χ0) is 12.0. The molecule has 0 fully saturated rings. The SMILES string of the molecule is O=c1[nH]c(C(F)Cl)nc2sc3c(c12)CCCS3. The molecular formula is C10H8ClFN2OS2. The molecule has 1 aliphatic heterocycles. The van der Waals surface area contributed by atoms with Crippen LogP contribution in [0, 0.1) is 0 Å². The number of halogens is 2. The van der Waals surface area contributed by atoms with Crippen LogP contribution in [0.1, 0.15) is 23.4 Å². The smallest absolute Gasteiger partial charge is 0.260 e. The molecule has 2 aromatic heterocycles. The van der Waals surface area contributed by atoms with E-state index in [2.05, 4.69) is 9.97 Å². The Hall–Kier alpha value is -0.590. The Balaban J connectivity index is 2.31. The van der Waals surface area contributed by atoms with Crippen LogP contribution in [0.2, 0.25) is 0 Å². The fourth-order valence-electron chi connectivity index (χ4n) is 1.92. The van der Waals surface area contributed by atoms with Gasteiger partial charge in [0.15, 0.2) is 5.82 Å². The molecule has 0 aromatic carbocycles. The summed E-state index contributed by atoms with van der Waals surface area (Å²) in [5, 5.41) is 0.610. The summed E-state index contributed by atoms with van der Waals surface area (Å²) in [7, 11) is 0. The summed E-state index contributed by atoms with van der Waals surface area (Å²) in [6.07, 6.45) is 1.96. The third-order valence-electron chi connectivity index (χ3n) is 2.65. The summed E-state index contributed by atoms with van der Waals surface area (Å²) in [4.78, 5) is 19.0. The van der Waals surface area contributed by atoms with Gasteiger partial charge in [-0.3, -0.25) is 4.79 Å². The molecule has 17 heavy (non-hydrogen) atoms. The van der Waals surface area contributed by atoms with Crippen LogP contribution >= 0.6 is 34.7 Å². The Labute approximate surface area is 109 Å². The first kappa shape index (κ1) is 11.5. The fraction of sp³-hybridized carbons (Fsp3) is 0.400. The molecule has 1 aliphatic rings. The summed E-state index contributed by atoms with van der Waals surface area (Å²) in [5.74, 6) is 0.957. The van der Waals surface area contributed by atoms with Crippen molar-refractivity contribution in [1.82, 2.24) is 9.97 Å². The largest absolute Gasteiger partial charge is 0.306 e. The lowest BCUT2D eigenvalue weighted by molar-refractivity contribution is 0.441. The highest BCUT2D eigenvalue weighted by Crippen LogP contribution is 2.40. The van der Waals surface area contributed by atoms with E-state index >= 15 is 0 Å². The monoisotopic (exact) mass is 290 g/mol. The second kappa shape index (κ2) is 4.26. The molecule has 0 saturated heterocycles. The number of thiophene rings is 1. The third kappa shape index (κ3) is 1.88. The van der Waals surface area contributed by atoms with Crippen LogP contribution in [0.3, 0.4) is 0 Å². The average Bonchev–Trinajstić information content (AvgIpc) is 2.67. The minimum absolute atomic E-state index is 0.104. The van der Waals surface area contributed by atoms with Crippen LogP contribution in [0.5, 0.6) is 0 Å². The second-order valence-electron chi connectivity index (χ2n) is 3.75. The number of aromatic amines is 1. The molecule has 0 bridgehead atoms. The first-order valence-electron chi connectivity index (χ1n) is 5.13. The molecule has 7 heteroatoms. The predicted octanol–water partition coefficient (Wildman–Crippen LogP) is 3.23. The Morgan fingerprint density at radius 1 is 1.53 bits per heavy atom. The van der Waals surface area contributed by atoms with Gasteiger partial charge in [-0.15, -0.1) is 23.1 Å². The molecule has 0 radical (unpaired) electrons. The zero-order valence-electron chi connectivity index (χ0n) is 8.63. The van der Waals surface area contributed by atoms with Crippen LogP contribution in [0.25, 0.3) is 10.2 Å². The third-order valence-corrected chi connectivity index (χ3v) is 5.39. The lowest BCUT2D eigenvalue weighted by atomic mass is 10.1. The number of nitrogens with zero attached hydrogens (tertiary/aromatic N) is 1. The van der Waals surface area contributed by atoms with Crippen LogP contribution < -0.4 is 5.56 Å². The highest BCUT2D eigenvalue weighted by molar-refractivity contribution is 8.01. The Kier molecular flexibility index (Phi) is 2.88. The van der Waals surface area contributed by atoms with Crippen molar-refractivity contribution >= 4 is 44.9 Å². The van der Waals surface area contributed by atoms with Gasteiger partial charge in [0, 0.05) is 0 Å². The number of hydrogen-bond donors (Lipinski definition) is 1. The Morgan fingerprint density at radius 3 is 3.12 bits per heavy atom. The van der Waals surface area contributed by atoms with Crippen molar-refractivity contribution in [2.24, 2.45) is 0 Å². The van der Waals surface area contributed by atoms with Gasteiger partial charge in [0.05, 0.1) is 9.60 Å². The van der Waals surface area contributed by atoms with Crippen molar-refractivity contribution in [2.45, 2.75) is 22.7 Å². The van der Waals surface area contributed by atoms with Gasteiger partial charge in [-0.25, -0.2) is 9.37 Å². The normalized spacial score (nSPS) is 17.1. The first-order chi connectivity index (χ1) is 8.16. The standard InChI is InChI=1S/C10H8ClFN2OS2/c11-6(12)7-13-8(15)5-4-2-1-3-16-10(4)17-9(5)14-7/h6H,1-3H2,(H,13,14,15). The molecule has 0 spiro atoms. The van der Waals surface area contributed by atoms with E-state index in [-0.39, 0.29) is 11.4 Å². The van der Waals surface area contributed by atoms with Crippen molar-refractivity contribution in [2.75, 3.05) is 5.75 Å². The second-order valence-corrected chi connectivity index (χ2v) is 6.50.